The van der Waals surface area contributed by atoms with Gasteiger partial charge < -0.3 is 14.9 Å². The zero-order valence-electron chi connectivity index (χ0n) is 6.38. The molecular formula is C6H10N2O4. The lowest BCUT2D eigenvalue weighted by molar-refractivity contribution is -0.0302. The molecule has 0 bridgehead atoms. The molecule has 68 valence electrons. The van der Waals surface area contributed by atoms with E-state index in [9.17, 15) is 0 Å². The Morgan fingerprint density at radius 3 is 2.75 bits per heavy atom. The van der Waals surface area contributed by atoms with Crippen LogP contribution in [0.25, 0.3) is 0 Å². The highest BCUT2D eigenvalue weighted by Gasteiger charge is 2.07. The maximum absolute atomic E-state index is 8.61. The Morgan fingerprint density at radius 1 is 1.50 bits per heavy atom. The molecule has 0 fully saturated rings. The van der Waals surface area contributed by atoms with Gasteiger partial charge in [0.1, 0.15) is 11.8 Å². The molecule has 0 unspecified atom stereocenters. The average Bonchev–Trinajstić information content (AvgIpc) is 2.59. The molecule has 1 aromatic rings. The van der Waals surface area contributed by atoms with Crippen molar-refractivity contribution in [2.75, 3.05) is 13.2 Å². The van der Waals surface area contributed by atoms with Crippen molar-refractivity contribution in [3.63, 3.8) is 0 Å². The van der Waals surface area contributed by atoms with Crippen molar-refractivity contribution in [1.29, 1.82) is 0 Å². The van der Waals surface area contributed by atoms with Crippen LogP contribution < -0.4 is 0 Å². The van der Waals surface area contributed by atoms with E-state index in [-0.39, 0.29) is 19.8 Å². The molecule has 0 radical (unpaired) electrons. The second kappa shape index (κ2) is 4.81. The predicted octanol–water partition coefficient (Wildman–Crippen LogP) is -1.06. The third-order valence-corrected chi connectivity index (χ3v) is 1.28. The van der Waals surface area contributed by atoms with E-state index in [0.717, 1.165) is 0 Å². The molecule has 6 heteroatoms. The molecule has 0 saturated carbocycles. The average molecular weight is 174 g/mol. The van der Waals surface area contributed by atoms with Crippen LogP contribution in [-0.4, -0.2) is 39.8 Å². The molecule has 0 amide bonds. The maximum Gasteiger partial charge on any atom is 0.130 e. The number of hydrogen-bond donors (Lipinski definition) is 2. The lowest BCUT2D eigenvalue weighted by Gasteiger charge is -2.09. The minimum absolute atomic E-state index is 0.176. The molecule has 0 aromatic carbocycles. The van der Waals surface area contributed by atoms with Gasteiger partial charge in [0.15, 0.2) is 0 Å². The summed E-state index contributed by atoms with van der Waals surface area (Å²) in [6.45, 7) is -0.265. The molecule has 0 atom stereocenters. The minimum Gasteiger partial charge on any atom is -0.394 e. The molecule has 1 heterocycles. The Morgan fingerprint density at radius 2 is 2.25 bits per heavy atom. The molecule has 6 nitrogen and oxygen atoms in total. The van der Waals surface area contributed by atoms with Crippen LogP contribution in [0.3, 0.4) is 0 Å². The van der Waals surface area contributed by atoms with Crippen LogP contribution in [0.2, 0.25) is 0 Å². The van der Waals surface area contributed by atoms with E-state index in [0.29, 0.717) is 5.69 Å². The van der Waals surface area contributed by atoms with E-state index < -0.39 is 6.10 Å². The quantitative estimate of drug-likeness (QED) is 0.591. The minimum atomic E-state index is -0.568. The summed E-state index contributed by atoms with van der Waals surface area (Å²) in [5.74, 6) is 0. The zero-order valence-corrected chi connectivity index (χ0v) is 6.38. The molecule has 0 aliphatic rings. The molecule has 2 N–H and O–H groups in total. The Balaban J connectivity index is 2.25. The number of nitrogens with zero attached hydrogens (tertiary/aromatic N) is 2. The highest BCUT2D eigenvalue weighted by Crippen LogP contribution is 1.98. The lowest BCUT2D eigenvalue weighted by Crippen LogP contribution is -2.21. The SMILES string of the molecule is OCC(CO)OCc1cnon1. The molecule has 1 aromatic heterocycles. The number of aromatic nitrogens is 2. The summed E-state index contributed by atoms with van der Waals surface area (Å²) in [5.41, 5.74) is 0.530. The fourth-order valence-electron chi connectivity index (χ4n) is 0.614. The monoisotopic (exact) mass is 174 g/mol. The normalized spacial score (nSPS) is 10.9. The fraction of sp³-hybridized carbons (Fsp3) is 0.667. The van der Waals surface area contributed by atoms with Gasteiger partial charge >= 0.3 is 0 Å². The Bertz CT molecular complexity index is 197. The van der Waals surface area contributed by atoms with Crippen molar-refractivity contribution in [3.05, 3.63) is 11.9 Å². The zero-order chi connectivity index (χ0) is 8.81. The van der Waals surface area contributed by atoms with Crippen LogP contribution in [0.4, 0.5) is 0 Å². The van der Waals surface area contributed by atoms with Gasteiger partial charge in [-0.3, -0.25) is 0 Å². The third kappa shape index (κ3) is 2.57. The summed E-state index contributed by atoms with van der Waals surface area (Å²) in [6, 6.07) is 0. The van der Waals surface area contributed by atoms with Crippen molar-refractivity contribution in [2.24, 2.45) is 0 Å². The summed E-state index contributed by atoms with van der Waals surface area (Å²) in [7, 11) is 0. The molecule has 12 heavy (non-hydrogen) atoms. The number of ether oxygens (including phenoxy) is 1. The van der Waals surface area contributed by atoms with Gasteiger partial charge in [0.05, 0.1) is 26.0 Å². The highest BCUT2D eigenvalue weighted by atomic mass is 16.6. The van der Waals surface area contributed by atoms with Crippen LogP contribution in [0.5, 0.6) is 0 Å². The summed E-state index contributed by atoms with van der Waals surface area (Å²) >= 11 is 0. The van der Waals surface area contributed by atoms with E-state index in [1.807, 2.05) is 0 Å². The standard InChI is InChI=1S/C6H10N2O4/c9-2-6(3-10)11-4-5-1-7-12-8-5/h1,6,9-10H,2-4H2. The van der Waals surface area contributed by atoms with Gasteiger partial charge in [-0.1, -0.05) is 10.3 Å². The maximum atomic E-state index is 8.61. The van der Waals surface area contributed by atoms with Gasteiger partial charge in [-0.2, -0.15) is 0 Å². The van der Waals surface area contributed by atoms with Crippen LogP contribution in [0.1, 0.15) is 5.69 Å². The van der Waals surface area contributed by atoms with Crippen molar-refractivity contribution >= 4 is 0 Å². The summed E-state index contributed by atoms with van der Waals surface area (Å²) in [4.78, 5) is 0. The van der Waals surface area contributed by atoms with Crippen LogP contribution in [-0.2, 0) is 11.3 Å². The Labute approximate surface area is 68.7 Å². The van der Waals surface area contributed by atoms with Gasteiger partial charge in [0.2, 0.25) is 0 Å². The molecule has 0 spiro atoms. The Hall–Kier alpha value is -0.980. The first-order valence-corrected chi connectivity index (χ1v) is 3.46. The highest BCUT2D eigenvalue weighted by molar-refractivity contribution is 4.85. The van der Waals surface area contributed by atoms with Crippen molar-refractivity contribution in [3.8, 4) is 0 Å². The number of hydrogen-bond acceptors (Lipinski definition) is 6. The molecule has 0 saturated heterocycles. The van der Waals surface area contributed by atoms with Gasteiger partial charge in [0.25, 0.3) is 0 Å². The van der Waals surface area contributed by atoms with E-state index in [4.69, 9.17) is 14.9 Å². The first-order valence-electron chi connectivity index (χ1n) is 3.46. The van der Waals surface area contributed by atoms with E-state index in [2.05, 4.69) is 14.9 Å². The number of aliphatic hydroxyl groups excluding tert-OH is 2. The van der Waals surface area contributed by atoms with Crippen molar-refractivity contribution in [2.45, 2.75) is 12.7 Å². The summed E-state index contributed by atoms with van der Waals surface area (Å²) in [6.07, 6.45) is 0.841. The largest absolute Gasteiger partial charge is 0.394 e. The second-order valence-electron chi connectivity index (χ2n) is 2.20. The van der Waals surface area contributed by atoms with E-state index >= 15 is 0 Å². The second-order valence-corrected chi connectivity index (χ2v) is 2.20. The molecule has 0 aliphatic heterocycles. The fourth-order valence-corrected chi connectivity index (χ4v) is 0.614. The first kappa shape index (κ1) is 9.11. The van der Waals surface area contributed by atoms with Crippen LogP contribution in [0, 0.1) is 0 Å². The molecular weight excluding hydrogens is 164 g/mol. The molecule has 0 aliphatic carbocycles. The summed E-state index contributed by atoms with van der Waals surface area (Å²) < 4.78 is 9.33. The van der Waals surface area contributed by atoms with Gasteiger partial charge in [-0.25, -0.2) is 4.63 Å². The first-order chi connectivity index (χ1) is 5.86. The van der Waals surface area contributed by atoms with E-state index in [1.54, 1.807) is 0 Å². The summed E-state index contributed by atoms with van der Waals surface area (Å²) in [5, 5.41) is 24.1. The van der Waals surface area contributed by atoms with Crippen LogP contribution in [0.15, 0.2) is 10.8 Å². The van der Waals surface area contributed by atoms with Gasteiger partial charge in [-0.05, 0) is 0 Å². The topological polar surface area (TPSA) is 88.6 Å². The lowest BCUT2D eigenvalue weighted by atomic mass is 10.4. The predicted molar refractivity (Wildman–Crippen MR) is 37.0 cm³/mol. The number of rotatable bonds is 5. The molecule has 1 rings (SSSR count). The van der Waals surface area contributed by atoms with E-state index in [1.165, 1.54) is 6.20 Å². The van der Waals surface area contributed by atoms with Crippen molar-refractivity contribution in [1.82, 2.24) is 10.3 Å². The van der Waals surface area contributed by atoms with Gasteiger partial charge in [-0.15, -0.1) is 0 Å². The van der Waals surface area contributed by atoms with Crippen LogP contribution >= 0.6 is 0 Å². The smallest absolute Gasteiger partial charge is 0.130 e. The third-order valence-electron chi connectivity index (χ3n) is 1.28. The number of aliphatic hydroxyl groups is 2. The van der Waals surface area contributed by atoms with Gasteiger partial charge in [0, 0.05) is 0 Å². The Kier molecular flexibility index (Phi) is 3.65. The van der Waals surface area contributed by atoms with Crippen molar-refractivity contribution < 1.29 is 19.6 Å².